The van der Waals surface area contributed by atoms with Crippen molar-refractivity contribution >= 4 is 29.9 Å². The number of carbonyl (C=O) groups is 3. The van der Waals surface area contributed by atoms with Crippen molar-refractivity contribution in [2.45, 2.75) is 202 Å². The number of amides is 1. The Morgan fingerprint density at radius 1 is 1.00 bits per heavy atom. The van der Waals surface area contributed by atoms with E-state index in [2.05, 4.69) is 21.2 Å². The molecule has 2 aliphatic rings. The van der Waals surface area contributed by atoms with Crippen LogP contribution in [0.2, 0.25) is 0 Å². The van der Waals surface area contributed by atoms with Crippen molar-refractivity contribution in [1.82, 2.24) is 5.32 Å². The molecule has 1 aliphatic carbocycles. The highest BCUT2D eigenvalue weighted by Crippen LogP contribution is 2.29. The average molecular weight is 790 g/mol. The molecule has 1 aliphatic heterocycles. The number of hydrogen-bond acceptors (Lipinski definition) is 9. The lowest BCUT2D eigenvalue weighted by Crippen LogP contribution is -2.36. The Morgan fingerprint density at radius 2 is 1.61 bits per heavy atom. The highest BCUT2D eigenvalue weighted by molar-refractivity contribution is 6.07. The highest BCUT2D eigenvalue weighted by atomic mass is 19.1. The monoisotopic (exact) mass is 790 g/mol. The van der Waals surface area contributed by atoms with E-state index >= 15 is 0 Å². The first-order valence-electron chi connectivity index (χ1n) is 21.5. The Balaban J connectivity index is 0.00000215. The predicted octanol–water partition coefficient (Wildman–Crippen LogP) is 11.1. The van der Waals surface area contributed by atoms with Crippen molar-refractivity contribution in [2.75, 3.05) is 13.2 Å². The molecule has 10 nitrogen and oxygen atoms in total. The molecule has 320 valence electrons. The second kappa shape index (κ2) is 32.7. The topological polar surface area (TPSA) is 136 Å². The molecule has 0 spiro atoms. The second-order valence-electron chi connectivity index (χ2n) is 14.6. The van der Waals surface area contributed by atoms with Crippen molar-refractivity contribution in [2.24, 2.45) is 15.9 Å². The van der Waals surface area contributed by atoms with Gasteiger partial charge in [-0.2, -0.15) is 4.39 Å². The van der Waals surface area contributed by atoms with Crippen LogP contribution < -0.4 is 5.32 Å². The van der Waals surface area contributed by atoms with E-state index in [1.165, 1.54) is 31.8 Å². The van der Waals surface area contributed by atoms with Crippen molar-refractivity contribution < 1.29 is 38.1 Å². The number of hydrogen-bond donors (Lipinski definition) is 2. The Labute approximate surface area is 339 Å². The Kier molecular flexibility index (Phi) is 30.7. The molecular weight excluding hydrogens is 714 g/mol. The molecule has 1 amide bonds. The molecule has 2 rings (SSSR count). The summed E-state index contributed by atoms with van der Waals surface area (Å²) in [6.07, 6.45) is 25.3. The van der Waals surface area contributed by atoms with E-state index in [1.807, 2.05) is 41.5 Å². The highest BCUT2D eigenvalue weighted by Gasteiger charge is 2.36. The molecule has 3 unspecified atom stereocenters. The number of ether oxygens (including phenoxy) is 3. The van der Waals surface area contributed by atoms with Gasteiger partial charge in [0.1, 0.15) is 24.2 Å². The number of carbonyl (C=O) groups excluding carboxylic acids is 3. The van der Waals surface area contributed by atoms with Gasteiger partial charge >= 0.3 is 12.1 Å². The number of aliphatic imine (C=N–C) groups is 2. The van der Waals surface area contributed by atoms with Crippen LogP contribution in [-0.2, 0) is 23.8 Å². The Bertz CT molecular complexity index is 1280. The number of nitrogens with one attached hydrogen (secondary N) is 1. The third-order valence-corrected chi connectivity index (χ3v) is 9.57. The van der Waals surface area contributed by atoms with Gasteiger partial charge in [0.2, 0.25) is 5.95 Å². The third kappa shape index (κ3) is 23.6. The number of aliphatic hydroxyl groups is 1. The van der Waals surface area contributed by atoms with E-state index in [9.17, 15) is 18.8 Å². The fourth-order valence-corrected chi connectivity index (χ4v) is 5.88. The quantitative estimate of drug-likeness (QED) is 0.0248. The summed E-state index contributed by atoms with van der Waals surface area (Å²) in [4.78, 5) is 45.2. The second-order valence-corrected chi connectivity index (χ2v) is 14.6. The zero-order valence-corrected chi connectivity index (χ0v) is 36.2. The molecule has 11 heteroatoms. The molecular formula is C45H76FN3O7. The van der Waals surface area contributed by atoms with Gasteiger partial charge in [-0.15, -0.1) is 6.42 Å². The SMILES string of the molecule is C#CC1(CO)CCC(C)O1.CC.CCC=NC(=C(C)C)/C(=N\C(F)=C\CCC)NC(=O)OC(CC)COC(=O)CCCCCCCCCCCC(=O)C1CCC1. The molecule has 1 saturated heterocycles. The first kappa shape index (κ1) is 52.6. The number of allylic oxidation sites excluding steroid dienone is 2. The smallest absolute Gasteiger partial charge is 0.413 e. The number of nitrogens with zero attached hydrogens (tertiary/aromatic N) is 2. The normalized spacial score (nSPS) is 18.7. The lowest BCUT2D eigenvalue weighted by Gasteiger charge is -2.23. The van der Waals surface area contributed by atoms with Crippen molar-refractivity contribution in [1.29, 1.82) is 0 Å². The first-order valence-corrected chi connectivity index (χ1v) is 21.5. The molecule has 1 heterocycles. The number of alkyl carbamates (subject to hydrolysis) is 1. The maximum Gasteiger partial charge on any atom is 0.413 e. The van der Waals surface area contributed by atoms with Crippen LogP contribution >= 0.6 is 0 Å². The molecule has 0 bridgehead atoms. The van der Waals surface area contributed by atoms with Gasteiger partial charge in [0, 0.05) is 25.0 Å². The van der Waals surface area contributed by atoms with Crippen LogP contribution in [0, 0.1) is 18.3 Å². The average Bonchev–Trinajstić information content (AvgIpc) is 3.55. The van der Waals surface area contributed by atoms with Gasteiger partial charge < -0.3 is 19.3 Å². The van der Waals surface area contributed by atoms with Gasteiger partial charge in [-0.1, -0.05) is 98.3 Å². The number of Topliss-reactive ketones (excluding diaryl/α,β-unsaturated/α-hetero) is 1. The molecule has 2 fully saturated rings. The van der Waals surface area contributed by atoms with Gasteiger partial charge in [-0.05, 0) is 90.2 Å². The summed E-state index contributed by atoms with van der Waals surface area (Å²) in [5, 5.41) is 11.4. The largest absolute Gasteiger partial charge is 0.462 e. The molecule has 1 saturated carbocycles. The van der Waals surface area contributed by atoms with E-state index < -0.39 is 23.7 Å². The van der Waals surface area contributed by atoms with Crippen LogP contribution in [0.3, 0.4) is 0 Å². The van der Waals surface area contributed by atoms with Crippen LogP contribution in [0.5, 0.6) is 0 Å². The summed E-state index contributed by atoms with van der Waals surface area (Å²) in [5.74, 6) is 2.28. The van der Waals surface area contributed by atoms with E-state index in [1.54, 1.807) is 20.1 Å². The van der Waals surface area contributed by atoms with Gasteiger partial charge in [0.05, 0.1) is 12.7 Å². The third-order valence-electron chi connectivity index (χ3n) is 9.57. The summed E-state index contributed by atoms with van der Waals surface area (Å²) in [5.41, 5.74) is 0.441. The number of rotatable bonds is 24. The number of ketones is 1. The number of halogens is 1. The maximum atomic E-state index is 14.4. The summed E-state index contributed by atoms with van der Waals surface area (Å²) in [6.45, 7) is 15.1. The first-order chi connectivity index (χ1) is 26.9. The molecule has 56 heavy (non-hydrogen) atoms. The standard InChI is InChI=1S/C35H58FN3O5.C8H12O2.C2H6/c1-6-9-23-31(36)38-34(33(27(4)5)37-25-7-2)39-35(42)44-29(8-3)26-43-32(41)24-18-16-14-12-10-11-13-15-17-22-30(40)28-20-19-21-28;1-3-8(6-9)5-4-7(2)10-8;1-2/h23,25,28-29H,6-22,24,26H2,1-5H3,(H,38,39,42);1,7,9H,4-6H2,2H3;1-2H3/b31-23+,37-25?;;. The molecule has 0 aromatic rings. The Hall–Kier alpha value is -3.36. The number of terminal acetylenes is 1. The molecule has 2 N–H and O–H groups in total. The van der Waals surface area contributed by atoms with E-state index in [-0.39, 0.29) is 31.1 Å². The lowest BCUT2D eigenvalue weighted by molar-refractivity contribution is -0.146. The van der Waals surface area contributed by atoms with E-state index in [4.69, 9.17) is 25.7 Å². The number of unbranched alkanes of at least 4 members (excludes halogenated alkanes) is 9. The number of amidine groups is 1. The number of aliphatic hydroxyl groups excluding tert-OH is 1. The van der Waals surface area contributed by atoms with Gasteiger partial charge in [0.25, 0.3) is 0 Å². The van der Waals surface area contributed by atoms with Crippen LogP contribution in [0.25, 0.3) is 0 Å². The maximum absolute atomic E-state index is 14.4. The zero-order chi connectivity index (χ0) is 42.2. The van der Waals surface area contributed by atoms with Gasteiger partial charge in [-0.25, -0.2) is 9.79 Å². The molecule has 0 aromatic heterocycles. The van der Waals surface area contributed by atoms with Crippen LogP contribution in [-0.4, -0.2) is 66.0 Å². The molecule has 0 radical (unpaired) electrons. The lowest BCUT2D eigenvalue weighted by atomic mass is 9.80. The summed E-state index contributed by atoms with van der Waals surface area (Å²) in [6, 6.07) is 0. The number of esters is 1. The molecule has 0 aromatic carbocycles. The fourth-order valence-electron chi connectivity index (χ4n) is 5.88. The summed E-state index contributed by atoms with van der Waals surface area (Å²) < 4.78 is 30.6. The Morgan fingerprint density at radius 3 is 2.05 bits per heavy atom. The molecule has 3 atom stereocenters. The minimum Gasteiger partial charge on any atom is -0.462 e. The van der Waals surface area contributed by atoms with Crippen molar-refractivity contribution in [3.05, 3.63) is 23.3 Å². The van der Waals surface area contributed by atoms with Gasteiger partial charge in [0.15, 0.2) is 11.4 Å². The minimum absolute atomic E-state index is 0.0351. The predicted molar refractivity (Wildman–Crippen MR) is 226 cm³/mol. The minimum atomic E-state index is -0.817. The van der Waals surface area contributed by atoms with Crippen LogP contribution in [0.4, 0.5) is 9.18 Å². The zero-order valence-electron chi connectivity index (χ0n) is 36.2. The van der Waals surface area contributed by atoms with E-state index in [0.29, 0.717) is 43.1 Å². The van der Waals surface area contributed by atoms with Crippen molar-refractivity contribution in [3.63, 3.8) is 0 Å². The van der Waals surface area contributed by atoms with Crippen LogP contribution in [0.15, 0.2) is 33.3 Å². The van der Waals surface area contributed by atoms with E-state index in [0.717, 1.165) is 82.6 Å². The van der Waals surface area contributed by atoms with Crippen LogP contribution in [0.1, 0.15) is 184 Å². The summed E-state index contributed by atoms with van der Waals surface area (Å²) in [7, 11) is 0. The van der Waals surface area contributed by atoms with Gasteiger partial charge in [-0.3, -0.25) is 19.9 Å². The summed E-state index contributed by atoms with van der Waals surface area (Å²) >= 11 is 0. The fraction of sp³-hybridized carbons (Fsp3) is 0.756. The van der Waals surface area contributed by atoms with Crippen molar-refractivity contribution in [3.8, 4) is 12.3 Å².